The minimum absolute atomic E-state index is 0.202. The van der Waals surface area contributed by atoms with Crippen molar-refractivity contribution in [2.75, 3.05) is 0 Å². The average molecular weight is 214 g/mol. The van der Waals surface area contributed by atoms with Gasteiger partial charge in [-0.2, -0.15) is 0 Å². The highest BCUT2D eigenvalue weighted by Crippen LogP contribution is 1.99. The van der Waals surface area contributed by atoms with Crippen LogP contribution in [0.2, 0.25) is 0 Å². The van der Waals surface area contributed by atoms with Gasteiger partial charge in [-0.3, -0.25) is 4.79 Å². The lowest BCUT2D eigenvalue weighted by Crippen LogP contribution is -2.38. The molecule has 0 radical (unpaired) electrons. The molecule has 0 heterocycles. The zero-order valence-electron chi connectivity index (χ0n) is 9.12. The van der Waals surface area contributed by atoms with Gasteiger partial charge < -0.3 is 16.2 Å². The summed E-state index contributed by atoms with van der Waals surface area (Å²) in [5.41, 5.74) is 5.70. The van der Waals surface area contributed by atoms with E-state index in [-0.39, 0.29) is 6.42 Å². The zero-order chi connectivity index (χ0) is 11.8. The highest BCUT2D eigenvalue weighted by molar-refractivity contribution is 5.83. The molecule has 0 spiro atoms. The maximum absolute atomic E-state index is 10.7. The molecule has 0 aliphatic carbocycles. The molecule has 5 nitrogen and oxygen atoms in total. The van der Waals surface area contributed by atoms with E-state index in [0.717, 1.165) is 18.5 Å². The fourth-order valence-corrected chi connectivity index (χ4v) is 1.10. The van der Waals surface area contributed by atoms with Gasteiger partial charge in [-0.25, -0.2) is 4.79 Å². The number of unbranched alkanes of at least 4 members (excludes halogenated alkanes) is 1. The molecule has 0 rings (SSSR count). The topological polar surface area (TPSA) is 92.4 Å². The average Bonchev–Trinajstić information content (AvgIpc) is 2.12. The Bertz CT molecular complexity index is 261. The van der Waals surface area contributed by atoms with Crippen molar-refractivity contribution in [3.63, 3.8) is 0 Å². The van der Waals surface area contributed by atoms with Crippen molar-refractivity contribution in [1.82, 2.24) is 5.32 Å². The van der Waals surface area contributed by atoms with E-state index < -0.39 is 17.9 Å². The first-order valence-corrected chi connectivity index (χ1v) is 4.91. The minimum atomic E-state index is -1.07. The lowest BCUT2D eigenvalue weighted by molar-refractivity contribution is -0.141. The summed E-state index contributed by atoms with van der Waals surface area (Å²) < 4.78 is 0. The Morgan fingerprint density at radius 2 is 2.13 bits per heavy atom. The van der Waals surface area contributed by atoms with E-state index in [0.29, 0.717) is 0 Å². The van der Waals surface area contributed by atoms with Gasteiger partial charge in [0.2, 0.25) is 5.91 Å². The number of rotatable bonds is 7. The molecule has 0 aromatic rings. The standard InChI is InChI=1S/C10H18N2O3/c1-3-4-5-7(2)12-8(10(14)15)6-9(11)13/h5,8,12H,3-4,6H2,1-2H3,(H2,11,13)(H,14,15)/b7-5+. The molecule has 0 aromatic carbocycles. The van der Waals surface area contributed by atoms with Crippen LogP contribution >= 0.6 is 0 Å². The van der Waals surface area contributed by atoms with Crippen molar-refractivity contribution >= 4 is 11.9 Å². The molecule has 1 atom stereocenters. The van der Waals surface area contributed by atoms with E-state index in [1.54, 1.807) is 6.92 Å². The number of primary amides is 1. The van der Waals surface area contributed by atoms with Crippen molar-refractivity contribution in [2.24, 2.45) is 5.73 Å². The molecule has 1 unspecified atom stereocenters. The predicted octanol–water partition coefficient (Wildman–Crippen LogP) is 0.608. The lowest BCUT2D eigenvalue weighted by atomic mass is 10.2. The van der Waals surface area contributed by atoms with E-state index in [4.69, 9.17) is 10.8 Å². The quantitative estimate of drug-likeness (QED) is 0.579. The van der Waals surface area contributed by atoms with Crippen molar-refractivity contribution in [3.8, 4) is 0 Å². The Labute approximate surface area is 89.3 Å². The molecule has 0 aliphatic rings. The fraction of sp³-hybridized carbons (Fsp3) is 0.600. The van der Waals surface area contributed by atoms with E-state index in [1.165, 1.54) is 0 Å². The van der Waals surface area contributed by atoms with Gasteiger partial charge in [0.05, 0.1) is 6.42 Å². The van der Waals surface area contributed by atoms with Gasteiger partial charge in [0.1, 0.15) is 6.04 Å². The van der Waals surface area contributed by atoms with Crippen molar-refractivity contribution < 1.29 is 14.7 Å². The third kappa shape index (κ3) is 6.54. The number of nitrogens with one attached hydrogen (secondary N) is 1. The van der Waals surface area contributed by atoms with Crippen molar-refractivity contribution in [3.05, 3.63) is 11.8 Å². The molecule has 86 valence electrons. The summed E-state index contributed by atoms with van der Waals surface area (Å²) in [5, 5.41) is 11.5. The highest BCUT2D eigenvalue weighted by Gasteiger charge is 2.19. The predicted molar refractivity (Wildman–Crippen MR) is 57.0 cm³/mol. The van der Waals surface area contributed by atoms with Crippen LogP contribution in [0.15, 0.2) is 11.8 Å². The van der Waals surface area contributed by atoms with Crippen LogP contribution in [0, 0.1) is 0 Å². The number of allylic oxidation sites excluding steroid dienone is 2. The Morgan fingerprint density at radius 1 is 1.53 bits per heavy atom. The molecule has 5 heteroatoms. The van der Waals surface area contributed by atoms with Crippen LogP contribution in [-0.4, -0.2) is 23.0 Å². The number of aliphatic carboxylic acids is 1. The summed E-state index contributed by atoms with van der Waals surface area (Å²) in [6.07, 6.45) is 3.57. The summed E-state index contributed by atoms with van der Waals surface area (Å²) in [4.78, 5) is 21.4. The number of carbonyl (C=O) groups excluding carboxylic acids is 1. The second-order valence-electron chi connectivity index (χ2n) is 3.38. The molecular formula is C10H18N2O3. The van der Waals surface area contributed by atoms with Gasteiger partial charge in [-0.15, -0.1) is 0 Å². The van der Waals surface area contributed by atoms with Crippen molar-refractivity contribution in [2.45, 2.75) is 39.2 Å². The number of amides is 1. The number of hydrogen-bond acceptors (Lipinski definition) is 3. The van der Waals surface area contributed by atoms with Crippen LogP contribution < -0.4 is 11.1 Å². The summed E-state index contributed by atoms with van der Waals surface area (Å²) >= 11 is 0. The molecule has 1 amide bonds. The molecule has 0 saturated carbocycles. The second-order valence-corrected chi connectivity index (χ2v) is 3.38. The van der Waals surface area contributed by atoms with Gasteiger partial charge >= 0.3 is 5.97 Å². The molecular weight excluding hydrogens is 196 g/mol. The molecule has 15 heavy (non-hydrogen) atoms. The number of carboxylic acid groups (broad SMARTS) is 1. The summed E-state index contributed by atoms with van der Waals surface area (Å²) in [5.74, 6) is -1.70. The molecule has 4 N–H and O–H groups in total. The maximum Gasteiger partial charge on any atom is 0.326 e. The summed E-state index contributed by atoms with van der Waals surface area (Å²) in [7, 11) is 0. The first-order chi connectivity index (χ1) is 6.97. The summed E-state index contributed by atoms with van der Waals surface area (Å²) in [6.45, 7) is 3.80. The van der Waals surface area contributed by atoms with E-state index in [9.17, 15) is 9.59 Å². The largest absolute Gasteiger partial charge is 0.480 e. The first kappa shape index (κ1) is 13.5. The van der Waals surface area contributed by atoms with Gasteiger partial charge in [0.25, 0.3) is 0 Å². The Balaban J connectivity index is 4.28. The molecule has 0 aromatic heterocycles. The van der Waals surface area contributed by atoms with Crippen LogP contribution in [0.1, 0.15) is 33.1 Å². The Hall–Kier alpha value is -1.52. The molecule has 0 bridgehead atoms. The SMILES string of the molecule is CCC/C=C(\C)NC(CC(N)=O)C(=O)O. The summed E-state index contributed by atoms with van der Waals surface area (Å²) in [6, 6.07) is -0.935. The Kier molecular flexibility index (Phi) is 6.17. The smallest absolute Gasteiger partial charge is 0.326 e. The van der Waals surface area contributed by atoms with E-state index in [2.05, 4.69) is 5.32 Å². The zero-order valence-corrected chi connectivity index (χ0v) is 9.12. The minimum Gasteiger partial charge on any atom is -0.480 e. The van der Waals surface area contributed by atoms with Gasteiger partial charge in [0.15, 0.2) is 0 Å². The molecule has 0 fully saturated rings. The number of carbonyl (C=O) groups is 2. The van der Waals surface area contributed by atoms with Gasteiger partial charge in [0, 0.05) is 5.70 Å². The maximum atomic E-state index is 10.7. The monoisotopic (exact) mass is 214 g/mol. The first-order valence-electron chi connectivity index (χ1n) is 4.91. The van der Waals surface area contributed by atoms with Crippen molar-refractivity contribution in [1.29, 1.82) is 0 Å². The Morgan fingerprint density at radius 3 is 2.53 bits per heavy atom. The van der Waals surface area contributed by atoms with Crippen LogP contribution in [0.25, 0.3) is 0 Å². The third-order valence-corrected chi connectivity index (χ3v) is 1.84. The normalized spacial score (nSPS) is 13.3. The van der Waals surface area contributed by atoms with Gasteiger partial charge in [-0.1, -0.05) is 19.4 Å². The second kappa shape index (κ2) is 6.86. The number of nitrogens with two attached hydrogens (primary N) is 1. The van der Waals surface area contributed by atoms with Crippen LogP contribution in [0.5, 0.6) is 0 Å². The molecule has 0 aliphatic heterocycles. The van der Waals surface area contributed by atoms with E-state index in [1.807, 2.05) is 13.0 Å². The van der Waals surface area contributed by atoms with Crippen LogP contribution in [0.3, 0.4) is 0 Å². The highest BCUT2D eigenvalue weighted by atomic mass is 16.4. The lowest BCUT2D eigenvalue weighted by Gasteiger charge is -2.14. The van der Waals surface area contributed by atoms with Crippen LogP contribution in [-0.2, 0) is 9.59 Å². The number of carboxylic acids is 1. The van der Waals surface area contributed by atoms with Gasteiger partial charge in [-0.05, 0) is 13.3 Å². The third-order valence-electron chi connectivity index (χ3n) is 1.84. The van der Waals surface area contributed by atoms with Crippen LogP contribution in [0.4, 0.5) is 0 Å². The fourth-order valence-electron chi connectivity index (χ4n) is 1.10. The number of hydrogen-bond donors (Lipinski definition) is 3. The van der Waals surface area contributed by atoms with E-state index >= 15 is 0 Å². The molecule has 0 saturated heterocycles.